The Morgan fingerprint density at radius 1 is 1.06 bits per heavy atom. The van der Waals surface area contributed by atoms with Gasteiger partial charge in [0.05, 0.1) is 16.4 Å². The number of nitrogens with one attached hydrogen (secondary N) is 1. The van der Waals surface area contributed by atoms with Crippen LogP contribution in [0.2, 0.25) is 0 Å². The minimum absolute atomic E-state index is 0.0393. The molecular formula is C22H20FN3O5S. The van der Waals surface area contributed by atoms with E-state index in [1.807, 2.05) is 0 Å². The van der Waals surface area contributed by atoms with E-state index in [0.717, 1.165) is 15.9 Å². The van der Waals surface area contributed by atoms with Crippen molar-refractivity contribution in [2.75, 3.05) is 11.9 Å². The summed E-state index contributed by atoms with van der Waals surface area (Å²) in [6.45, 7) is 0.818. The summed E-state index contributed by atoms with van der Waals surface area (Å²) in [5.74, 6) is -1.33. The fourth-order valence-corrected chi connectivity index (χ4v) is 4.33. The number of nitro benzene ring substituents is 1. The molecule has 0 unspecified atom stereocenters. The molecule has 3 rings (SSSR count). The average molecular weight is 457 g/mol. The molecule has 1 N–H and O–H groups in total. The van der Waals surface area contributed by atoms with Crippen LogP contribution < -0.4 is 5.32 Å². The highest BCUT2D eigenvalue weighted by atomic mass is 32.2. The molecular weight excluding hydrogens is 437 g/mol. The minimum Gasteiger partial charge on any atom is -0.325 e. The highest BCUT2D eigenvalue weighted by Gasteiger charge is 2.28. The lowest BCUT2D eigenvalue weighted by molar-refractivity contribution is -0.384. The summed E-state index contributed by atoms with van der Waals surface area (Å²) in [5.41, 5.74) is 0.875. The van der Waals surface area contributed by atoms with Crippen molar-refractivity contribution in [3.63, 3.8) is 0 Å². The number of amides is 1. The van der Waals surface area contributed by atoms with Crippen molar-refractivity contribution in [3.8, 4) is 0 Å². The summed E-state index contributed by atoms with van der Waals surface area (Å²) in [5, 5.41) is 13.4. The quantitative estimate of drug-likeness (QED) is 0.408. The van der Waals surface area contributed by atoms with Crippen LogP contribution in [0.15, 0.2) is 77.7 Å². The van der Waals surface area contributed by atoms with Gasteiger partial charge in [0.15, 0.2) is 0 Å². The number of halogens is 1. The van der Waals surface area contributed by atoms with Crippen molar-refractivity contribution in [1.82, 2.24) is 4.31 Å². The number of non-ortho nitro benzene ring substituents is 1. The van der Waals surface area contributed by atoms with Crippen LogP contribution in [0.4, 0.5) is 15.8 Å². The van der Waals surface area contributed by atoms with E-state index in [9.17, 15) is 27.7 Å². The monoisotopic (exact) mass is 457 g/mol. The number of hydrogen-bond acceptors (Lipinski definition) is 5. The molecule has 32 heavy (non-hydrogen) atoms. The number of aryl methyl sites for hydroxylation is 1. The van der Waals surface area contributed by atoms with Gasteiger partial charge in [0.25, 0.3) is 5.69 Å². The van der Waals surface area contributed by atoms with Crippen LogP contribution >= 0.6 is 0 Å². The minimum atomic E-state index is -4.14. The number of hydrogen-bond donors (Lipinski definition) is 1. The SMILES string of the molecule is Cc1ccc(S(=O)(=O)N(CC(=O)Nc2cccc([N+](=O)[O-])c2)Cc2ccccc2F)cc1. The predicted octanol–water partition coefficient (Wildman–Crippen LogP) is 3.87. The zero-order valence-electron chi connectivity index (χ0n) is 17.1. The number of nitrogens with zero attached hydrogens (tertiary/aromatic N) is 2. The molecule has 0 atom stereocenters. The number of carbonyl (C=O) groups is 1. The molecule has 0 bridgehead atoms. The van der Waals surface area contributed by atoms with Crippen LogP contribution in [0, 0.1) is 22.9 Å². The molecule has 0 aliphatic carbocycles. The first-order valence-corrected chi connectivity index (χ1v) is 11.0. The molecule has 166 valence electrons. The molecule has 3 aromatic rings. The Labute approximate surface area is 184 Å². The van der Waals surface area contributed by atoms with Crippen LogP contribution in [-0.4, -0.2) is 30.1 Å². The summed E-state index contributed by atoms with van der Waals surface area (Å²) >= 11 is 0. The fraction of sp³-hybridized carbons (Fsp3) is 0.136. The van der Waals surface area contributed by atoms with E-state index >= 15 is 0 Å². The standard InChI is InChI=1S/C22H20FN3O5S/c1-16-9-11-20(12-10-16)32(30,31)25(14-17-5-2-3-8-21(17)23)15-22(27)24-18-6-4-7-19(13-18)26(28)29/h2-13H,14-15H2,1H3,(H,24,27). The van der Waals surface area contributed by atoms with Crippen molar-refractivity contribution < 1.29 is 22.5 Å². The van der Waals surface area contributed by atoms with E-state index in [0.29, 0.717) is 0 Å². The van der Waals surface area contributed by atoms with E-state index < -0.39 is 33.2 Å². The highest BCUT2D eigenvalue weighted by Crippen LogP contribution is 2.21. The molecule has 0 saturated carbocycles. The molecule has 1 amide bonds. The molecule has 0 aliphatic rings. The van der Waals surface area contributed by atoms with E-state index in [1.54, 1.807) is 25.1 Å². The Morgan fingerprint density at radius 3 is 2.41 bits per heavy atom. The maximum absolute atomic E-state index is 14.2. The lowest BCUT2D eigenvalue weighted by atomic mass is 10.2. The molecule has 0 radical (unpaired) electrons. The van der Waals surface area contributed by atoms with Crippen LogP contribution in [-0.2, 0) is 21.4 Å². The third-order valence-electron chi connectivity index (χ3n) is 4.62. The Hall–Kier alpha value is -3.63. The molecule has 0 heterocycles. The maximum Gasteiger partial charge on any atom is 0.271 e. The van der Waals surface area contributed by atoms with Crippen LogP contribution in [0.1, 0.15) is 11.1 Å². The first-order valence-electron chi connectivity index (χ1n) is 9.51. The van der Waals surface area contributed by atoms with Crippen LogP contribution in [0.5, 0.6) is 0 Å². The first-order chi connectivity index (χ1) is 15.2. The second-order valence-electron chi connectivity index (χ2n) is 7.03. The van der Waals surface area contributed by atoms with Gasteiger partial charge in [-0.2, -0.15) is 4.31 Å². The summed E-state index contributed by atoms with van der Waals surface area (Å²) < 4.78 is 41.5. The molecule has 0 fully saturated rings. The normalized spacial score (nSPS) is 11.3. The molecule has 3 aromatic carbocycles. The van der Waals surface area contributed by atoms with E-state index in [1.165, 1.54) is 48.5 Å². The molecule has 0 saturated heterocycles. The molecule has 0 spiro atoms. The van der Waals surface area contributed by atoms with Gasteiger partial charge in [0.2, 0.25) is 15.9 Å². The van der Waals surface area contributed by atoms with Crippen LogP contribution in [0.3, 0.4) is 0 Å². The summed E-state index contributed by atoms with van der Waals surface area (Å²) in [7, 11) is -4.14. The van der Waals surface area contributed by atoms with Crippen molar-refractivity contribution in [2.45, 2.75) is 18.4 Å². The second-order valence-corrected chi connectivity index (χ2v) is 8.97. The Bertz CT molecular complexity index is 1250. The molecule has 10 heteroatoms. The summed E-state index contributed by atoms with van der Waals surface area (Å²) in [4.78, 5) is 22.9. The van der Waals surface area contributed by atoms with Gasteiger partial charge in [-0.3, -0.25) is 14.9 Å². The lowest BCUT2D eigenvalue weighted by Crippen LogP contribution is -2.37. The zero-order valence-corrected chi connectivity index (χ0v) is 17.9. The van der Waals surface area contributed by atoms with Gasteiger partial charge in [-0.05, 0) is 31.2 Å². The fourth-order valence-electron chi connectivity index (χ4n) is 2.96. The number of sulfonamides is 1. The smallest absolute Gasteiger partial charge is 0.271 e. The van der Waals surface area contributed by atoms with E-state index in [2.05, 4.69) is 5.32 Å². The Morgan fingerprint density at radius 2 is 1.75 bits per heavy atom. The van der Waals surface area contributed by atoms with E-state index in [4.69, 9.17) is 0 Å². The molecule has 0 aromatic heterocycles. The maximum atomic E-state index is 14.2. The largest absolute Gasteiger partial charge is 0.325 e. The van der Waals surface area contributed by atoms with Gasteiger partial charge in [0.1, 0.15) is 5.82 Å². The van der Waals surface area contributed by atoms with Crippen LogP contribution in [0.25, 0.3) is 0 Å². The Kier molecular flexibility index (Phi) is 6.96. The second kappa shape index (κ2) is 9.67. The van der Waals surface area contributed by atoms with Gasteiger partial charge >= 0.3 is 0 Å². The third kappa shape index (κ3) is 5.54. The number of carbonyl (C=O) groups excluding carboxylic acids is 1. The molecule has 8 nitrogen and oxygen atoms in total. The highest BCUT2D eigenvalue weighted by molar-refractivity contribution is 7.89. The van der Waals surface area contributed by atoms with Gasteiger partial charge in [-0.25, -0.2) is 12.8 Å². The van der Waals surface area contributed by atoms with Gasteiger partial charge in [0, 0.05) is 29.9 Å². The van der Waals surface area contributed by atoms with Crippen molar-refractivity contribution in [3.05, 3.63) is 99.9 Å². The van der Waals surface area contributed by atoms with Crippen molar-refractivity contribution in [1.29, 1.82) is 0 Å². The van der Waals surface area contributed by atoms with Crippen molar-refractivity contribution in [2.24, 2.45) is 0 Å². The summed E-state index contributed by atoms with van der Waals surface area (Å²) in [6, 6.07) is 17.0. The Balaban J connectivity index is 1.89. The predicted molar refractivity (Wildman–Crippen MR) is 117 cm³/mol. The van der Waals surface area contributed by atoms with Gasteiger partial charge in [-0.15, -0.1) is 0 Å². The third-order valence-corrected chi connectivity index (χ3v) is 6.43. The van der Waals surface area contributed by atoms with E-state index in [-0.39, 0.29) is 28.4 Å². The van der Waals surface area contributed by atoms with Crippen molar-refractivity contribution >= 4 is 27.3 Å². The number of rotatable bonds is 8. The summed E-state index contributed by atoms with van der Waals surface area (Å²) in [6.07, 6.45) is 0. The topological polar surface area (TPSA) is 110 Å². The van der Waals surface area contributed by atoms with Gasteiger partial charge < -0.3 is 5.32 Å². The molecule has 0 aliphatic heterocycles. The first kappa shape index (κ1) is 23.0. The number of benzene rings is 3. The average Bonchev–Trinajstić information content (AvgIpc) is 2.75. The lowest BCUT2D eigenvalue weighted by Gasteiger charge is -2.22. The van der Waals surface area contributed by atoms with Gasteiger partial charge in [-0.1, -0.05) is 42.0 Å². The number of nitro groups is 1. The zero-order chi connectivity index (χ0) is 23.3. The number of anilines is 1.